The highest BCUT2D eigenvalue weighted by Crippen LogP contribution is 2.17. The van der Waals surface area contributed by atoms with Gasteiger partial charge in [-0.2, -0.15) is 0 Å². The van der Waals surface area contributed by atoms with Crippen molar-refractivity contribution in [2.45, 2.75) is 46.1 Å². The smallest absolute Gasteiger partial charge is 0.410 e. The Morgan fingerprint density at radius 2 is 1.85 bits per heavy atom. The monoisotopic (exact) mass is 358 g/mol. The van der Waals surface area contributed by atoms with Crippen molar-refractivity contribution in [1.82, 2.24) is 19.7 Å². The molecule has 0 saturated carbocycles. The van der Waals surface area contributed by atoms with Gasteiger partial charge in [0.25, 0.3) is 0 Å². The molecular formula is C18H22N4O4. The Hall–Kier alpha value is -2.90. The Balaban J connectivity index is 1.63. The van der Waals surface area contributed by atoms with Gasteiger partial charge in [-0.25, -0.2) is 9.59 Å². The molecule has 0 unspecified atom stereocenters. The van der Waals surface area contributed by atoms with E-state index in [-0.39, 0.29) is 19.0 Å². The molecule has 26 heavy (non-hydrogen) atoms. The largest absolute Gasteiger partial charge is 0.455 e. The molecule has 0 spiro atoms. The maximum atomic E-state index is 12.3. The van der Waals surface area contributed by atoms with Gasteiger partial charge in [-0.15, -0.1) is 10.2 Å². The fraction of sp³-hybridized carbons (Fsp3) is 0.444. The van der Waals surface area contributed by atoms with Crippen molar-refractivity contribution >= 4 is 12.1 Å². The number of rotatable bonds is 3. The molecule has 3 rings (SSSR count). The summed E-state index contributed by atoms with van der Waals surface area (Å²) in [5, 5.41) is 7.96. The third-order valence-electron chi connectivity index (χ3n) is 3.80. The first-order valence-electron chi connectivity index (χ1n) is 8.44. The van der Waals surface area contributed by atoms with Crippen molar-refractivity contribution in [1.29, 1.82) is 0 Å². The normalized spacial score (nSPS) is 13.9. The number of nitrogens with zero attached hydrogens (tertiary/aromatic N) is 4. The molecule has 8 nitrogen and oxygen atoms in total. The molecule has 138 valence electrons. The highest BCUT2D eigenvalue weighted by atomic mass is 16.6. The maximum Gasteiger partial charge on any atom is 0.410 e. The van der Waals surface area contributed by atoms with E-state index in [1.807, 2.05) is 51.1 Å². The summed E-state index contributed by atoms with van der Waals surface area (Å²) in [5.41, 5.74) is 0.338. The van der Waals surface area contributed by atoms with Crippen LogP contribution >= 0.6 is 0 Å². The average molecular weight is 358 g/mol. The zero-order valence-corrected chi connectivity index (χ0v) is 15.1. The summed E-state index contributed by atoms with van der Waals surface area (Å²) in [6.45, 7) is 6.70. The minimum absolute atomic E-state index is 0.153. The molecule has 0 aliphatic carbocycles. The van der Waals surface area contributed by atoms with Gasteiger partial charge < -0.3 is 14.0 Å². The van der Waals surface area contributed by atoms with Gasteiger partial charge in [-0.05, 0) is 26.3 Å². The maximum absolute atomic E-state index is 12.3. The summed E-state index contributed by atoms with van der Waals surface area (Å²) in [6, 6.07) is 9.42. The van der Waals surface area contributed by atoms with Crippen LogP contribution in [0.1, 0.15) is 42.8 Å². The molecule has 0 radical (unpaired) electrons. The van der Waals surface area contributed by atoms with E-state index in [9.17, 15) is 9.59 Å². The van der Waals surface area contributed by atoms with Gasteiger partial charge in [0.2, 0.25) is 5.82 Å². The van der Waals surface area contributed by atoms with Crippen LogP contribution in [0.25, 0.3) is 0 Å². The molecule has 1 aromatic carbocycles. The molecule has 0 saturated heterocycles. The van der Waals surface area contributed by atoms with Crippen LogP contribution in [-0.2, 0) is 29.2 Å². The molecule has 1 aliphatic heterocycles. The van der Waals surface area contributed by atoms with E-state index in [4.69, 9.17) is 9.47 Å². The summed E-state index contributed by atoms with van der Waals surface area (Å²) in [7, 11) is 0. The molecular weight excluding hydrogens is 336 g/mol. The van der Waals surface area contributed by atoms with E-state index in [0.717, 1.165) is 5.56 Å². The molecule has 1 amide bonds. The molecule has 2 aromatic rings. The highest BCUT2D eigenvalue weighted by molar-refractivity contribution is 5.85. The van der Waals surface area contributed by atoms with E-state index in [1.165, 1.54) is 0 Å². The Labute approximate surface area is 151 Å². The summed E-state index contributed by atoms with van der Waals surface area (Å²) in [4.78, 5) is 26.0. The van der Waals surface area contributed by atoms with Crippen LogP contribution < -0.4 is 0 Å². The van der Waals surface area contributed by atoms with Gasteiger partial charge in [0, 0.05) is 13.1 Å². The number of esters is 1. The zero-order valence-electron chi connectivity index (χ0n) is 15.1. The fourth-order valence-electron chi connectivity index (χ4n) is 2.58. The lowest BCUT2D eigenvalue weighted by Crippen LogP contribution is -2.42. The fourth-order valence-corrected chi connectivity index (χ4v) is 2.58. The van der Waals surface area contributed by atoms with Gasteiger partial charge in [-0.3, -0.25) is 4.90 Å². The lowest BCUT2D eigenvalue weighted by Gasteiger charge is -2.30. The lowest BCUT2D eigenvalue weighted by atomic mass is 10.2. The first-order chi connectivity index (χ1) is 12.3. The predicted octanol–water partition coefficient (Wildman–Crippen LogP) is 2.39. The molecule has 2 heterocycles. The number of hydrogen-bond acceptors (Lipinski definition) is 6. The zero-order chi connectivity index (χ0) is 18.7. The van der Waals surface area contributed by atoms with Crippen LogP contribution in [-0.4, -0.2) is 43.9 Å². The van der Waals surface area contributed by atoms with Crippen LogP contribution in [0.15, 0.2) is 30.3 Å². The number of amides is 1. The van der Waals surface area contributed by atoms with Gasteiger partial charge >= 0.3 is 12.1 Å². The van der Waals surface area contributed by atoms with Gasteiger partial charge in [-0.1, -0.05) is 30.3 Å². The Bertz CT molecular complexity index is 795. The van der Waals surface area contributed by atoms with Gasteiger partial charge in [0.1, 0.15) is 12.2 Å². The third-order valence-corrected chi connectivity index (χ3v) is 3.80. The second-order valence-electron chi connectivity index (χ2n) is 7.06. The highest BCUT2D eigenvalue weighted by Gasteiger charge is 2.30. The number of aromatic nitrogens is 3. The Kier molecular flexibility index (Phi) is 4.92. The number of carbonyl (C=O) groups excluding carboxylic acids is 2. The quantitative estimate of drug-likeness (QED) is 0.783. The van der Waals surface area contributed by atoms with Crippen LogP contribution in [0.5, 0.6) is 0 Å². The van der Waals surface area contributed by atoms with E-state index in [0.29, 0.717) is 18.9 Å². The van der Waals surface area contributed by atoms with E-state index >= 15 is 0 Å². The number of benzene rings is 1. The minimum atomic E-state index is -0.561. The number of hydrogen-bond donors (Lipinski definition) is 0. The second kappa shape index (κ2) is 7.15. The molecule has 8 heteroatoms. The molecule has 0 fully saturated rings. The van der Waals surface area contributed by atoms with E-state index < -0.39 is 17.7 Å². The summed E-state index contributed by atoms with van der Waals surface area (Å²) in [6.07, 6.45) is -0.403. The Morgan fingerprint density at radius 1 is 1.12 bits per heavy atom. The molecule has 1 aromatic heterocycles. The van der Waals surface area contributed by atoms with Crippen LogP contribution in [0.4, 0.5) is 4.79 Å². The second-order valence-corrected chi connectivity index (χ2v) is 7.06. The molecule has 0 atom stereocenters. The van der Waals surface area contributed by atoms with Crippen molar-refractivity contribution in [3.05, 3.63) is 47.5 Å². The van der Waals surface area contributed by atoms with E-state index in [2.05, 4.69) is 10.2 Å². The van der Waals surface area contributed by atoms with Crippen molar-refractivity contribution in [2.75, 3.05) is 6.54 Å². The van der Waals surface area contributed by atoms with Gasteiger partial charge in [0.05, 0.1) is 6.54 Å². The standard InChI is InChI=1S/C18H22N4O4/c1-18(2,3)26-17(24)21-9-10-22-14(11-21)19-20-15(22)16(23)25-12-13-7-5-4-6-8-13/h4-8H,9-12H2,1-3H3. The minimum Gasteiger partial charge on any atom is -0.455 e. The first-order valence-corrected chi connectivity index (χ1v) is 8.44. The topological polar surface area (TPSA) is 86.5 Å². The van der Waals surface area contributed by atoms with E-state index in [1.54, 1.807) is 9.47 Å². The van der Waals surface area contributed by atoms with Crippen molar-refractivity contribution in [3.63, 3.8) is 0 Å². The van der Waals surface area contributed by atoms with Crippen molar-refractivity contribution < 1.29 is 19.1 Å². The molecule has 0 N–H and O–H groups in total. The van der Waals surface area contributed by atoms with Crippen LogP contribution in [0.3, 0.4) is 0 Å². The molecule has 0 bridgehead atoms. The summed E-state index contributed by atoms with van der Waals surface area (Å²) < 4.78 is 12.4. The SMILES string of the molecule is CC(C)(C)OC(=O)N1CCn2c(nnc2C(=O)OCc2ccccc2)C1. The number of fused-ring (bicyclic) bond motifs is 1. The van der Waals surface area contributed by atoms with Crippen molar-refractivity contribution in [3.8, 4) is 0 Å². The van der Waals surface area contributed by atoms with Crippen LogP contribution in [0.2, 0.25) is 0 Å². The molecule has 1 aliphatic rings. The summed E-state index contributed by atoms with van der Waals surface area (Å²) in [5.74, 6) is 0.159. The predicted molar refractivity (Wildman–Crippen MR) is 92.2 cm³/mol. The third kappa shape index (κ3) is 4.19. The lowest BCUT2D eigenvalue weighted by molar-refractivity contribution is 0.0193. The summed E-state index contributed by atoms with van der Waals surface area (Å²) >= 11 is 0. The Morgan fingerprint density at radius 3 is 2.54 bits per heavy atom. The number of ether oxygens (including phenoxy) is 2. The average Bonchev–Trinajstić information content (AvgIpc) is 3.02. The van der Waals surface area contributed by atoms with Gasteiger partial charge in [0.15, 0.2) is 5.82 Å². The van der Waals surface area contributed by atoms with Crippen LogP contribution in [0, 0.1) is 0 Å². The first kappa shape index (κ1) is 17.9. The van der Waals surface area contributed by atoms with Crippen molar-refractivity contribution in [2.24, 2.45) is 0 Å². The number of carbonyl (C=O) groups is 2.